The Hall–Kier alpha value is -1.54. The second-order valence-corrected chi connectivity index (χ2v) is 5.71. The molecular weight excluding hydrogens is 283 g/mol. The van der Waals surface area contributed by atoms with Crippen molar-refractivity contribution in [2.75, 3.05) is 0 Å². The Bertz CT molecular complexity index is 821. The second-order valence-electron chi connectivity index (χ2n) is 4.85. The van der Waals surface area contributed by atoms with Crippen molar-refractivity contribution in [3.63, 3.8) is 0 Å². The molecule has 0 heterocycles. The Morgan fingerprint density at radius 1 is 0.667 bits per heavy atom. The van der Waals surface area contributed by atoms with Gasteiger partial charge in [0.15, 0.2) is 0 Å². The van der Waals surface area contributed by atoms with Crippen LogP contribution in [-0.4, -0.2) is 7.85 Å². The van der Waals surface area contributed by atoms with E-state index in [4.69, 9.17) is 0 Å². The molecule has 0 aliphatic rings. The van der Waals surface area contributed by atoms with Crippen LogP contribution in [0, 0.1) is 0 Å². The van der Waals surface area contributed by atoms with Gasteiger partial charge in [0.25, 0.3) is 0 Å². The molecule has 0 bridgehead atoms. The zero-order valence-electron chi connectivity index (χ0n) is 10.00. The van der Waals surface area contributed by atoms with Crippen molar-refractivity contribution in [1.29, 1.82) is 0 Å². The van der Waals surface area contributed by atoms with Crippen molar-refractivity contribution in [2.24, 2.45) is 0 Å². The van der Waals surface area contributed by atoms with Gasteiger partial charge < -0.3 is 0 Å². The zero-order valence-corrected chi connectivity index (χ0v) is 11.6. The minimum atomic E-state index is 1.17. The first-order chi connectivity index (χ1) is 8.75. The van der Waals surface area contributed by atoms with Crippen LogP contribution in [0.3, 0.4) is 0 Å². The lowest BCUT2D eigenvalue weighted by Crippen LogP contribution is -2.03. The van der Waals surface area contributed by atoms with Crippen LogP contribution in [0.5, 0.6) is 0 Å². The van der Waals surface area contributed by atoms with E-state index in [1.807, 2.05) is 0 Å². The predicted molar refractivity (Wildman–Crippen MR) is 86.0 cm³/mol. The third kappa shape index (κ3) is 1.21. The Kier molecular flexibility index (Phi) is 2.01. The molecule has 18 heavy (non-hydrogen) atoms. The molecule has 0 fully saturated rings. The molecule has 0 N–H and O–H groups in total. The van der Waals surface area contributed by atoms with E-state index in [-0.39, 0.29) is 0 Å². The number of rotatable bonds is 0. The summed E-state index contributed by atoms with van der Waals surface area (Å²) in [6.07, 6.45) is 0. The van der Waals surface area contributed by atoms with Gasteiger partial charge in [-0.25, -0.2) is 0 Å². The van der Waals surface area contributed by atoms with E-state index in [0.717, 1.165) is 0 Å². The van der Waals surface area contributed by atoms with Crippen LogP contribution >= 0.6 is 15.9 Å². The van der Waals surface area contributed by atoms with Gasteiger partial charge in [0, 0.05) is 4.47 Å². The fraction of sp³-hybridized carbons (Fsp3) is 0. The van der Waals surface area contributed by atoms with Crippen molar-refractivity contribution in [3.8, 4) is 0 Å². The standard InChI is InChI=1S/C16H10BBr/c17-13-7-3-9-1-2-10-4-8-14(18)12-6-5-11(13)15(9)16(10)12/h1-8H,17H2. The summed E-state index contributed by atoms with van der Waals surface area (Å²) in [7, 11) is 2.18. The lowest BCUT2D eigenvalue weighted by molar-refractivity contribution is 1.76. The summed E-state index contributed by atoms with van der Waals surface area (Å²) in [5, 5.41) is 8.08. The molecule has 0 spiro atoms. The summed E-state index contributed by atoms with van der Waals surface area (Å²) in [6, 6.07) is 17.6. The average Bonchev–Trinajstić information content (AvgIpc) is 2.40. The minimum Gasteiger partial charge on any atom is -0.0812 e. The van der Waals surface area contributed by atoms with Crippen LogP contribution < -0.4 is 5.46 Å². The normalized spacial score (nSPS) is 11.8. The van der Waals surface area contributed by atoms with Crippen LogP contribution in [0.25, 0.3) is 32.3 Å². The molecule has 0 aliphatic carbocycles. The molecule has 0 amide bonds. The lowest BCUT2D eigenvalue weighted by atomic mass is 9.85. The van der Waals surface area contributed by atoms with Crippen molar-refractivity contribution in [3.05, 3.63) is 53.0 Å². The van der Waals surface area contributed by atoms with E-state index in [9.17, 15) is 0 Å². The quantitative estimate of drug-likeness (QED) is 0.343. The van der Waals surface area contributed by atoms with Gasteiger partial charge in [0.1, 0.15) is 7.85 Å². The van der Waals surface area contributed by atoms with Gasteiger partial charge in [-0.1, -0.05) is 63.9 Å². The zero-order chi connectivity index (χ0) is 12.3. The summed E-state index contributed by atoms with van der Waals surface area (Å²) in [4.78, 5) is 0. The van der Waals surface area contributed by atoms with Gasteiger partial charge >= 0.3 is 0 Å². The monoisotopic (exact) mass is 292 g/mol. The number of hydrogen-bond acceptors (Lipinski definition) is 0. The smallest absolute Gasteiger partial charge is 0.0812 e. The molecule has 0 saturated heterocycles. The SMILES string of the molecule is Bc1ccc2ccc3ccc(Br)c4ccc1c2c34. The largest absolute Gasteiger partial charge is 0.140 e. The highest BCUT2D eigenvalue weighted by atomic mass is 79.9. The van der Waals surface area contributed by atoms with Gasteiger partial charge in [0.05, 0.1) is 0 Å². The number of hydrogen-bond donors (Lipinski definition) is 0. The predicted octanol–water partition coefficient (Wildman–Crippen LogP) is 3.60. The highest BCUT2D eigenvalue weighted by Gasteiger charge is 2.10. The van der Waals surface area contributed by atoms with Crippen molar-refractivity contribution >= 4 is 61.6 Å². The Morgan fingerprint density at radius 2 is 1.22 bits per heavy atom. The first kappa shape index (κ1) is 10.4. The summed E-state index contributed by atoms with van der Waals surface area (Å²) in [5.74, 6) is 0. The van der Waals surface area contributed by atoms with Gasteiger partial charge in [-0.15, -0.1) is 0 Å². The first-order valence-electron chi connectivity index (χ1n) is 6.08. The summed E-state index contributed by atoms with van der Waals surface area (Å²) < 4.78 is 1.17. The summed E-state index contributed by atoms with van der Waals surface area (Å²) in [5.41, 5.74) is 1.34. The Labute approximate surface area is 114 Å². The summed E-state index contributed by atoms with van der Waals surface area (Å²) in [6.45, 7) is 0. The number of benzene rings is 4. The highest BCUT2D eigenvalue weighted by Crippen LogP contribution is 2.36. The van der Waals surface area contributed by atoms with E-state index in [0.29, 0.717) is 0 Å². The van der Waals surface area contributed by atoms with Crippen LogP contribution in [0.15, 0.2) is 53.0 Å². The van der Waals surface area contributed by atoms with Crippen LogP contribution in [0.4, 0.5) is 0 Å². The van der Waals surface area contributed by atoms with Gasteiger partial charge in [-0.05, 0) is 38.4 Å². The van der Waals surface area contributed by atoms with E-state index >= 15 is 0 Å². The van der Waals surface area contributed by atoms with E-state index < -0.39 is 0 Å². The molecule has 0 saturated carbocycles. The molecule has 0 aromatic heterocycles. The van der Waals surface area contributed by atoms with Gasteiger partial charge in [-0.2, -0.15) is 0 Å². The molecule has 2 heteroatoms. The Balaban J connectivity index is 2.47. The molecule has 4 aromatic carbocycles. The van der Waals surface area contributed by atoms with Crippen LogP contribution in [0.1, 0.15) is 0 Å². The van der Waals surface area contributed by atoms with Crippen LogP contribution in [-0.2, 0) is 0 Å². The third-order valence-corrected chi connectivity index (χ3v) is 4.52. The van der Waals surface area contributed by atoms with Crippen LogP contribution in [0.2, 0.25) is 0 Å². The molecular formula is C16H10BBr. The average molecular weight is 293 g/mol. The molecule has 0 unspecified atom stereocenters. The van der Waals surface area contributed by atoms with E-state index in [1.54, 1.807) is 0 Å². The minimum absolute atomic E-state index is 1.17. The first-order valence-corrected chi connectivity index (χ1v) is 6.87. The molecule has 0 nitrogen and oxygen atoms in total. The van der Waals surface area contributed by atoms with E-state index in [1.165, 1.54) is 42.3 Å². The van der Waals surface area contributed by atoms with Gasteiger partial charge in [-0.3, -0.25) is 0 Å². The lowest BCUT2D eigenvalue weighted by Gasteiger charge is -2.13. The second kappa shape index (κ2) is 3.49. The fourth-order valence-electron chi connectivity index (χ4n) is 2.91. The van der Waals surface area contributed by atoms with E-state index in [2.05, 4.69) is 72.3 Å². The molecule has 84 valence electrons. The Morgan fingerprint density at radius 3 is 2.00 bits per heavy atom. The molecule has 0 aliphatic heterocycles. The third-order valence-electron chi connectivity index (χ3n) is 3.83. The maximum absolute atomic E-state index is 3.66. The molecule has 0 atom stereocenters. The fourth-order valence-corrected chi connectivity index (χ4v) is 3.37. The highest BCUT2D eigenvalue weighted by molar-refractivity contribution is 9.10. The van der Waals surface area contributed by atoms with Crippen molar-refractivity contribution < 1.29 is 0 Å². The number of halogens is 1. The maximum Gasteiger partial charge on any atom is 0.140 e. The molecule has 0 radical (unpaired) electrons. The molecule has 4 aromatic rings. The van der Waals surface area contributed by atoms with Crippen molar-refractivity contribution in [2.45, 2.75) is 0 Å². The topological polar surface area (TPSA) is 0 Å². The van der Waals surface area contributed by atoms with Crippen molar-refractivity contribution in [1.82, 2.24) is 0 Å². The summed E-state index contributed by atoms with van der Waals surface area (Å²) >= 11 is 3.66. The molecule has 4 rings (SSSR count). The van der Waals surface area contributed by atoms with Gasteiger partial charge in [0.2, 0.25) is 0 Å². The maximum atomic E-state index is 3.66.